The van der Waals surface area contributed by atoms with Gasteiger partial charge in [0, 0.05) is 16.6 Å². The maximum absolute atomic E-state index is 9.59. The third kappa shape index (κ3) is 2.67. The molecule has 0 fully saturated rings. The van der Waals surface area contributed by atoms with Crippen molar-refractivity contribution in [3.63, 3.8) is 0 Å². The summed E-state index contributed by atoms with van der Waals surface area (Å²) < 4.78 is 6.77. The molecule has 0 spiro atoms. The monoisotopic (exact) mass is 402 g/mol. The molecule has 0 unspecified atom stereocenters. The molecule has 2 N–H and O–H groups in total. The number of hydrogen-bond acceptors (Lipinski definition) is 3. The summed E-state index contributed by atoms with van der Waals surface area (Å²) in [6.45, 7) is 2.82. The summed E-state index contributed by atoms with van der Waals surface area (Å²) in [6, 6.07) is 0. The van der Waals surface area contributed by atoms with Gasteiger partial charge in [0.05, 0.1) is 15.6 Å². The zero-order valence-corrected chi connectivity index (χ0v) is 12.6. The third-order valence-electron chi connectivity index (χ3n) is 1.81. The Morgan fingerprint density at radius 3 is 2.07 bits per heavy atom. The van der Waals surface area contributed by atoms with Crippen LogP contribution < -0.4 is 0 Å². The van der Waals surface area contributed by atoms with Crippen LogP contribution in [0.3, 0.4) is 0 Å². The number of phenols is 2. The molecule has 15 heavy (non-hydrogen) atoms. The summed E-state index contributed by atoms with van der Waals surface area (Å²) in [4.78, 5) is 0. The Morgan fingerprint density at radius 2 is 1.53 bits per heavy atom. The van der Waals surface area contributed by atoms with Gasteiger partial charge in [0.25, 0.3) is 0 Å². The van der Waals surface area contributed by atoms with E-state index in [-0.39, 0.29) is 11.5 Å². The van der Waals surface area contributed by atoms with E-state index in [1.807, 2.05) is 6.92 Å². The van der Waals surface area contributed by atoms with Crippen molar-refractivity contribution in [3.05, 3.63) is 19.0 Å². The van der Waals surface area contributed by atoms with Crippen molar-refractivity contribution in [2.24, 2.45) is 0 Å². The second-order valence-electron chi connectivity index (χ2n) is 2.75. The molecular formula is C9H9Br3O3. The molecule has 0 amide bonds. The van der Waals surface area contributed by atoms with E-state index in [0.29, 0.717) is 26.6 Å². The van der Waals surface area contributed by atoms with Gasteiger partial charge in [-0.05, 0) is 54.7 Å². The SMILES string of the molecule is CCOCc1c(Br)c(O)c(O)c(Br)c1Br. The lowest BCUT2D eigenvalue weighted by Gasteiger charge is -2.12. The molecule has 1 aromatic carbocycles. The Morgan fingerprint density at radius 1 is 1.00 bits per heavy atom. The lowest BCUT2D eigenvalue weighted by Crippen LogP contribution is -1.96. The average molecular weight is 405 g/mol. The van der Waals surface area contributed by atoms with Gasteiger partial charge in [-0.25, -0.2) is 0 Å². The Bertz CT molecular complexity index is 350. The van der Waals surface area contributed by atoms with E-state index in [1.165, 1.54) is 0 Å². The quantitative estimate of drug-likeness (QED) is 0.593. The molecule has 6 heteroatoms. The smallest absolute Gasteiger partial charge is 0.174 e. The van der Waals surface area contributed by atoms with Crippen LogP contribution in [0.2, 0.25) is 0 Å². The van der Waals surface area contributed by atoms with Crippen molar-refractivity contribution in [2.45, 2.75) is 13.5 Å². The standard InChI is InChI=1S/C9H9Br3O3/c1-2-15-3-4-5(10)7(12)9(14)8(13)6(4)11/h13-14H,2-3H2,1H3. The first-order valence-electron chi connectivity index (χ1n) is 4.15. The molecule has 0 aromatic heterocycles. The molecule has 1 rings (SSSR count). The molecule has 0 saturated heterocycles. The molecule has 0 atom stereocenters. The van der Waals surface area contributed by atoms with Crippen LogP contribution in [0.15, 0.2) is 13.4 Å². The summed E-state index contributed by atoms with van der Waals surface area (Å²) in [5, 5.41) is 19.1. The second kappa shape index (κ2) is 5.52. The summed E-state index contributed by atoms with van der Waals surface area (Å²) in [5.41, 5.74) is 0.749. The molecule has 0 radical (unpaired) electrons. The lowest BCUT2D eigenvalue weighted by atomic mass is 10.2. The van der Waals surface area contributed by atoms with E-state index in [1.54, 1.807) is 0 Å². The zero-order chi connectivity index (χ0) is 11.6. The highest BCUT2D eigenvalue weighted by molar-refractivity contribution is 9.13. The minimum Gasteiger partial charge on any atom is -0.503 e. The predicted octanol–water partition coefficient (Wildman–Crippen LogP) is 3.92. The third-order valence-corrected chi connectivity index (χ3v) is 4.85. The van der Waals surface area contributed by atoms with Crippen LogP contribution in [-0.4, -0.2) is 16.8 Å². The number of phenolic OH excluding ortho intramolecular Hbond substituents is 2. The zero-order valence-electron chi connectivity index (χ0n) is 7.85. The van der Waals surface area contributed by atoms with Gasteiger partial charge in [0.1, 0.15) is 0 Å². The number of hydrogen-bond donors (Lipinski definition) is 2. The van der Waals surface area contributed by atoms with Crippen LogP contribution in [0.25, 0.3) is 0 Å². The van der Waals surface area contributed by atoms with Crippen molar-refractivity contribution in [2.75, 3.05) is 6.61 Å². The first kappa shape index (κ1) is 13.3. The molecule has 84 valence electrons. The Labute approximate surface area is 113 Å². The van der Waals surface area contributed by atoms with Gasteiger partial charge in [-0.2, -0.15) is 0 Å². The van der Waals surface area contributed by atoms with Crippen LogP contribution in [0.5, 0.6) is 11.5 Å². The summed E-state index contributed by atoms with van der Waals surface area (Å²) in [7, 11) is 0. The van der Waals surface area contributed by atoms with Crippen LogP contribution in [0, 0.1) is 0 Å². The van der Waals surface area contributed by atoms with Crippen LogP contribution in [0.4, 0.5) is 0 Å². The van der Waals surface area contributed by atoms with Crippen LogP contribution >= 0.6 is 47.8 Å². The van der Waals surface area contributed by atoms with Gasteiger partial charge in [-0.1, -0.05) is 0 Å². The minimum atomic E-state index is -0.200. The van der Waals surface area contributed by atoms with Crippen molar-refractivity contribution in [1.82, 2.24) is 0 Å². The van der Waals surface area contributed by atoms with E-state index in [2.05, 4.69) is 47.8 Å². The first-order valence-corrected chi connectivity index (χ1v) is 6.53. The van der Waals surface area contributed by atoms with Gasteiger partial charge in [0.2, 0.25) is 0 Å². The molecule has 0 aliphatic rings. The number of ether oxygens (including phenoxy) is 1. The highest BCUT2D eigenvalue weighted by Crippen LogP contribution is 2.47. The molecule has 1 aromatic rings. The largest absolute Gasteiger partial charge is 0.503 e. The van der Waals surface area contributed by atoms with Crippen molar-refractivity contribution >= 4 is 47.8 Å². The first-order chi connectivity index (χ1) is 7.00. The van der Waals surface area contributed by atoms with E-state index < -0.39 is 0 Å². The van der Waals surface area contributed by atoms with Gasteiger partial charge in [0.15, 0.2) is 11.5 Å². The van der Waals surface area contributed by atoms with Crippen molar-refractivity contribution in [1.29, 1.82) is 0 Å². The van der Waals surface area contributed by atoms with E-state index >= 15 is 0 Å². The minimum absolute atomic E-state index is 0.195. The number of aromatic hydroxyl groups is 2. The van der Waals surface area contributed by atoms with Gasteiger partial charge >= 0.3 is 0 Å². The fraction of sp³-hybridized carbons (Fsp3) is 0.333. The van der Waals surface area contributed by atoms with Gasteiger partial charge in [-0.15, -0.1) is 0 Å². The Balaban J connectivity index is 3.26. The molecule has 0 aliphatic heterocycles. The highest BCUT2D eigenvalue weighted by Gasteiger charge is 2.19. The Hall–Kier alpha value is 0.220. The molecule has 0 heterocycles. The van der Waals surface area contributed by atoms with Gasteiger partial charge < -0.3 is 14.9 Å². The molecular weight excluding hydrogens is 396 g/mol. The molecule has 0 saturated carbocycles. The molecule has 3 nitrogen and oxygen atoms in total. The lowest BCUT2D eigenvalue weighted by molar-refractivity contribution is 0.133. The Kier molecular flexibility index (Phi) is 4.89. The topological polar surface area (TPSA) is 49.7 Å². The normalized spacial score (nSPS) is 10.7. The van der Waals surface area contributed by atoms with E-state index in [9.17, 15) is 10.2 Å². The fourth-order valence-corrected chi connectivity index (χ4v) is 2.71. The molecule has 0 bridgehead atoms. The van der Waals surface area contributed by atoms with Crippen molar-refractivity contribution < 1.29 is 14.9 Å². The van der Waals surface area contributed by atoms with Gasteiger partial charge in [-0.3, -0.25) is 0 Å². The average Bonchev–Trinajstić information content (AvgIpc) is 2.24. The maximum atomic E-state index is 9.59. The summed E-state index contributed by atoms with van der Waals surface area (Å²) >= 11 is 9.70. The van der Waals surface area contributed by atoms with Crippen LogP contribution in [-0.2, 0) is 11.3 Å². The van der Waals surface area contributed by atoms with Crippen LogP contribution in [0.1, 0.15) is 12.5 Å². The summed E-state index contributed by atoms with van der Waals surface area (Å²) in [5.74, 6) is -0.395. The van der Waals surface area contributed by atoms with E-state index in [4.69, 9.17) is 4.74 Å². The fourth-order valence-electron chi connectivity index (χ4n) is 1.01. The maximum Gasteiger partial charge on any atom is 0.174 e. The highest BCUT2D eigenvalue weighted by atomic mass is 79.9. The van der Waals surface area contributed by atoms with Crippen molar-refractivity contribution in [3.8, 4) is 11.5 Å². The summed E-state index contributed by atoms with van der Waals surface area (Å²) in [6.07, 6.45) is 0. The number of benzene rings is 1. The second-order valence-corrected chi connectivity index (χ2v) is 5.13. The number of halogens is 3. The molecule has 0 aliphatic carbocycles. The predicted molar refractivity (Wildman–Crippen MR) is 68.2 cm³/mol. The van der Waals surface area contributed by atoms with E-state index in [0.717, 1.165) is 5.56 Å². The number of rotatable bonds is 3.